The molecule has 6 heteroatoms. The van der Waals surface area contributed by atoms with E-state index in [2.05, 4.69) is 32.8 Å². The molecule has 0 aliphatic carbocycles. The molecule has 0 fully saturated rings. The molecule has 0 radical (unpaired) electrons. The van der Waals surface area contributed by atoms with Crippen LogP contribution in [0, 0.1) is 11.8 Å². The van der Waals surface area contributed by atoms with Crippen LogP contribution in [0.2, 0.25) is 0 Å². The third-order valence-corrected chi connectivity index (χ3v) is 2.62. The lowest BCUT2D eigenvalue weighted by atomic mass is 10.3. The number of imidazole rings is 1. The van der Waals surface area contributed by atoms with Crippen molar-refractivity contribution in [2.45, 2.75) is 33.4 Å². The average molecular weight is 313 g/mol. The Hall–Kier alpha value is -1.61. The van der Waals surface area contributed by atoms with Gasteiger partial charge in [0, 0.05) is 0 Å². The van der Waals surface area contributed by atoms with E-state index in [0.29, 0.717) is 11.0 Å². The number of hydrogen-bond acceptors (Lipinski definition) is 4. The molecule has 96 valence electrons. The van der Waals surface area contributed by atoms with Crippen LogP contribution in [0.5, 0.6) is 0 Å². The lowest BCUT2D eigenvalue weighted by Crippen LogP contribution is -2.17. The van der Waals surface area contributed by atoms with Crippen LogP contribution in [-0.4, -0.2) is 27.9 Å². The molecule has 0 N–H and O–H groups in total. The minimum absolute atomic E-state index is 0.0467. The van der Waals surface area contributed by atoms with E-state index in [4.69, 9.17) is 4.74 Å². The van der Waals surface area contributed by atoms with Crippen molar-refractivity contribution in [2.24, 2.45) is 0 Å². The normalized spacial score (nSPS) is 9.83. The maximum Gasteiger partial charge on any atom is 0.357 e. The first-order chi connectivity index (χ1) is 8.51. The van der Waals surface area contributed by atoms with Gasteiger partial charge < -0.3 is 9.30 Å². The number of nitrogens with zero attached hydrogens (tertiary/aromatic N) is 2. The SMILES string of the molecule is CC#CCn1c(Br)nc(C=O)c1C(=O)OC(C)C. The highest BCUT2D eigenvalue weighted by Gasteiger charge is 2.23. The Bertz CT molecular complexity index is 523. The van der Waals surface area contributed by atoms with Crippen LogP contribution >= 0.6 is 15.9 Å². The number of hydrogen-bond donors (Lipinski definition) is 0. The van der Waals surface area contributed by atoms with E-state index in [9.17, 15) is 9.59 Å². The van der Waals surface area contributed by atoms with Crippen LogP contribution in [0.3, 0.4) is 0 Å². The number of rotatable bonds is 4. The lowest BCUT2D eigenvalue weighted by Gasteiger charge is -2.09. The molecule has 5 nitrogen and oxygen atoms in total. The summed E-state index contributed by atoms with van der Waals surface area (Å²) in [5.41, 5.74) is 0.166. The van der Waals surface area contributed by atoms with E-state index in [0.717, 1.165) is 0 Å². The predicted molar refractivity (Wildman–Crippen MR) is 69.3 cm³/mol. The molecule has 0 aliphatic heterocycles. The Kier molecular flexibility index (Phi) is 5.10. The number of carbonyl (C=O) groups excluding carboxylic acids is 2. The lowest BCUT2D eigenvalue weighted by molar-refractivity contribution is 0.0363. The summed E-state index contributed by atoms with van der Waals surface area (Å²) in [5.74, 6) is 4.95. The fourth-order valence-corrected chi connectivity index (χ4v) is 1.81. The smallest absolute Gasteiger partial charge is 0.357 e. The number of carbonyl (C=O) groups is 2. The van der Waals surface area contributed by atoms with Crippen molar-refractivity contribution in [3.8, 4) is 11.8 Å². The van der Waals surface area contributed by atoms with E-state index >= 15 is 0 Å². The molecular weight excluding hydrogens is 300 g/mol. The van der Waals surface area contributed by atoms with Crippen molar-refractivity contribution >= 4 is 28.2 Å². The number of halogens is 1. The summed E-state index contributed by atoms with van der Waals surface area (Å²) in [6.07, 6.45) is 0.258. The van der Waals surface area contributed by atoms with Gasteiger partial charge in [0.1, 0.15) is 5.69 Å². The Morgan fingerprint density at radius 1 is 1.61 bits per heavy atom. The molecule has 0 bridgehead atoms. The predicted octanol–water partition coefficient (Wildman–Crippen LogP) is 2.05. The monoisotopic (exact) mass is 312 g/mol. The third kappa shape index (κ3) is 3.20. The quantitative estimate of drug-likeness (QED) is 0.485. The summed E-state index contributed by atoms with van der Waals surface area (Å²) >= 11 is 3.19. The second-order valence-electron chi connectivity index (χ2n) is 3.70. The van der Waals surface area contributed by atoms with Gasteiger partial charge in [0.25, 0.3) is 0 Å². The molecule has 1 heterocycles. The van der Waals surface area contributed by atoms with Crippen LogP contribution in [0.4, 0.5) is 0 Å². The Balaban J connectivity index is 3.23. The second kappa shape index (κ2) is 6.36. The van der Waals surface area contributed by atoms with E-state index in [1.54, 1.807) is 20.8 Å². The van der Waals surface area contributed by atoms with Gasteiger partial charge in [0.2, 0.25) is 0 Å². The molecule has 1 aromatic rings. The van der Waals surface area contributed by atoms with Crippen molar-refractivity contribution in [1.82, 2.24) is 9.55 Å². The summed E-state index contributed by atoms with van der Waals surface area (Å²) in [6.45, 7) is 5.43. The molecule has 18 heavy (non-hydrogen) atoms. The van der Waals surface area contributed by atoms with Crippen molar-refractivity contribution in [3.05, 3.63) is 16.1 Å². The Labute approximate surface area is 114 Å². The van der Waals surface area contributed by atoms with Gasteiger partial charge in [-0.3, -0.25) is 4.79 Å². The summed E-state index contributed by atoms with van der Waals surface area (Å²) in [5, 5.41) is 0. The maximum absolute atomic E-state index is 11.9. The zero-order valence-corrected chi connectivity index (χ0v) is 11.9. The van der Waals surface area contributed by atoms with Gasteiger partial charge >= 0.3 is 5.97 Å². The molecule has 0 saturated heterocycles. The molecular formula is C12H13BrN2O3. The van der Waals surface area contributed by atoms with E-state index in [1.165, 1.54) is 4.57 Å². The molecule has 0 spiro atoms. The highest BCUT2D eigenvalue weighted by Crippen LogP contribution is 2.17. The number of esters is 1. The molecule has 0 aliphatic rings. The van der Waals surface area contributed by atoms with Gasteiger partial charge in [-0.1, -0.05) is 5.92 Å². The van der Waals surface area contributed by atoms with Gasteiger partial charge in [-0.15, -0.1) is 5.92 Å². The first-order valence-corrected chi connectivity index (χ1v) is 6.12. The standard InChI is InChI=1S/C12H13BrN2O3/c1-4-5-6-15-10(11(17)18-8(2)3)9(7-16)14-12(15)13/h7-8H,6H2,1-3H3. The van der Waals surface area contributed by atoms with Crippen molar-refractivity contribution in [2.75, 3.05) is 0 Å². The van der Waals surface area contributed by atoms with Gasteiger partial charge in [-0.05, 0) is 36.7 Å². The number of aromatic nitrogens is 2. The fourth-order valence-electron chi connectivity index (χ4n) is 1.31. The van der Waals surface area contributed by atoms with Crippen molar-refractivity contribution in [3.63, 3.8) is 0 Å². The molecule has 1 aromatic heterocycles. The molecule has 0 amide bonds. The minimum Gasteiger partial charge on any atom is -0.458 e. The maximum atomic E-state index is 11.9. The molecule has 0 atom stereocenters. The summed E-state index contributed by atoms with van der Waals surface area (Å²) in [4.78, 5) is 26.8. The summed E-state index contributed by atoms with van der Waals surface area (Å²) < 4.78 is 6.97. The molecule has 0 aromatic carbocycles. The highest BCUT2D eigenvalue weighted by atomic mass is 79.9. The van der Waals surface area contributed by atoms with Gasteiger partial charge in [-0.2, -0.15) is 0 Å². The van der Waals surface area contributed by atoms with Crippen LogP contribution in [0.25, 0.3) is 0 Å². The fraction of sp³-hybridized carbons (Fsp3) is 0.417. The third-order valence-electron chi connectivity index (χ3n) is 2.01. The Morgan fingerprint density at radius 3 is 2.78 bits per heavy atom. The first kappa shape index (κ1) is 14.5. The van der Waals surface area contributed by atoms with Gasteiger partial charge in [0.15, 0.2) is 16.7 Å². The van der Waals surface area contributed by atoms with E-state index in [1.807, 2.05) is 0 Å². The van der Waals surface area contributed by atoms with Gasteiger partial charge in [0.05, 0.1) is 12.6 Å². The second-order valence-corrected chi connectivity index (χ2v) is 4.41. The average Bonchev–Trinajstić information content (AvgIpc) is 2.62. The van der Waals surface area contributed by atoms with Crippen LogP contribution < -0.4 is 0 Å². The van der Waals surface area contributed by atoms with Crippen LogP contribution in [0.1, 0.15) is 41.7 Å². The Morgan fingerprint density at radius 2 is 2.28 bits per heavy atom. The minimum atomic E-state index is -0.580. The highest BCUT2D eigenvalue weighted by molar-refractivity contribution is 9.10. The van der Waals surface area contributed by atoms with E-state index < -0.39 is 5.97 Å². The topological polar surface area (TPSA) is 61.2 Å². The molecule has 0 unspecified atom stereocenters. The zero-order chi connectivity index (χ0) is 13.7. The number of ether oxygens (including phenoxy) is 1. The summed E-state index contributed by atoms with van der Waals surface area (Å²) in [6, 6.07) is 0. The largest absolute Gasteiger partial charge is 0.458 e. The van der Waals surface area contributed by atoms with Crippen molar-refractivity contribution in [1.29, 1.82) is 0 Å². The van der Waals surface area contributed by atoms with Crippen molar-refractivity contribution < 1.29 is 14.3 Å². The van der Waals surface area contributed by atoms with E-state index in [-0.39, 0.29) is 24.0 Å². The summed E-state index contributed by atoms with van der Waals surface area (Å²) in [7, 11) is 0. The van der Waals surface area contributed by atoms with Gasteiger partial charge in [-0.25, -0.2) is 9.78 Å². The number of aldehydes is 1. The van der Waals surface area contributed by atoms with Crippen LogP contribution in [-0.2, 0) is 11.3 Å². The zero-order valence-electron chi connectivity index (χ0n) is 10.4. The first-order valence-electron chi connectivity index (χ1n) is 5.33. The molecule has 1 rings (SSSR count). The molecule has 0 saturated carbocycles. The van der Waals surface area contributed by atoms with Crippen LogP contribution in [0.15, 0.2) is 4.73 Å².